The molecule has 1 heterocycles. The number of carboxylic acid groups (broad SMARTS) is 1. The first-order valence-electron chi connectivity index (χ1n) is 7.26. The van der Waals surface area contributed by atoms with Gasteiger partial charge in [0.05, 0.1) is 7.11 Å². The summed E-state index contributed by atoms with van der Waals surface area (Å²) in [5, 5.41) is 9.45. The Balaban J connectivity index is 2.18. The highest BCUT2D eigenvalue weighted by Gasteiger charge is 2.30. The van der Waals surface area contributed by atoms with Crippen LogP contribution in [0.3, 0.4) is 0 Å². The molecule has 0 aromatic heterocycles. The minimum absolute atomic E-state index is 0.111. The second kappa shape index (κ2) is 6.75. The third-order valence-electron chi connectivity index (χ3n) is 4.17. The van der Waals surface area contributed by atoms with E-state index in [0.29, 0.717) is 0 Å². The van der Waals surface area contributed by atoms with Crippen molar-refractivity contribution in [3.05, 3.63) is 29.8 Å². The largest absolute Gasteiger partial charge is 0.497 e. The average molecular weight is 277 g/mol. The predicted molar refractivity (Wildman–Crippen MR) is 78.0 cm³/mol. The molecular weight excluding hydrogens is 254 g/mol. The minimum Gasteiger partial charge on any atom is -0.497 e. The van der Waals surface area contributed by atoms with Gasteiger partial charge < -0.3 is 9.84 Å². The van der Waals surface area contributed by atoms with Gasteiger partial charge in [0.25, 0.3) is 0 Å². The first-order chi connectivity index (χ1) is 9.63. The van der Waals surface area contributed by atoms with Gasteiger partial charge in [0.2, 0.25) is 0 Å². The van der Waals surface area contributed by atoms with Crippen molar-refractivity contribution in [2.75, 3.05) is 13.7 Å². The van der Waals surface area contributed by atoms with Gasteiger partial charge in [-0.05, 0) is 44.0 Å². The fourth-order valence-corrected chi connectivity index (χ4v) is 2.93. The SMILES string of the molecule is COc1ccc(C(C)N2CCCCCC2C(=O)O)cc1. The van der Waals surface area contributed by atoms with Gasteiger partial charge in [0.15, 0.2) is 0 Å². The van der Waals surface area contributed by atoms with Crippen molar-refractivity contribution in [1.82, 2.24) is 4.90 Å². The molecular formula is C16H23NO3. The molecule has 1 fully saturated rings. The van der Waals surface area contributed by atoms with E-state index in [9.17, 15) is 9.90 Å². The Morgan fingerprint density at radius 2 is 2.00 bits per heavy atom. The normalized spacial score (nSPS) is 22.0. The van der Waals surface area contributed by atoms with E-state index in [1.165, 1.54) is 0 Å². The monoisotopic (exact) mass is 277 g/mol. The number of hydrogen-bond acceptors (Lipinski definition) is 3. The molecule has 2 rings (SSSR count). The number of ether oxygens (including phenoxy) is 1. The zero-order chi connectivity index (χ0) is 14.5. The van der Waals surface area contributed by atoms with Crippen LogP contribution in [-0.2, 0) is 4.79 Å². The molecule has 0 bridgehead atoms. The second-order valence-electron chi connectivity index (χ2n) is 5.39. The lowest BCUT2D eigenvalue weighted by Gasteiger charge is -2.33. The third kappa shape index (κ3) is 3.31. The summed E-state index contributed by atoms with van der Waals surface area (Å²) in [7, 11) is 1.65. The van der Waals surface area contributed by atoms with Crippen molar-refractivity contribution in [3.63, 3.8) is 0 Å². The lowest BCUT2D eigenvalue weighted by atomic mass is 10.0. The van der Waals surface area contributed by atoms with E-state index in [0.717, 1.165) is 43.5 Å². The topological polar surface area (TPSA) is 49.8 Å². The fourth-order valence-electron chi connectivity index (χ4n) is 2.93. The van der Waals surface area contributed by atoms with Gasteiger partial charge in [-0.3, -0.25) is 9.69 Å². The summed E-state index contributed by atoms with van der Waals surface area (Å²) < 4.78 is 5.17. The Kier molecular flexibility index (Phi) is 5.01. The quantitative estimate of drug-likeness (QED) is 0.919. The molecule has 1 aliphatic rings. The number of methoxy groups -OCH3 is 1. The van der Waals surface area contributed by atoms with Crippen molar-refractivity contribution in [1.29, 1.82) is 0 Å². The fraction of sp³-hybridized carbons (Fsp3) is 0.562. The van der Waals surface area contributed by atoms with E-state index in [1.807, 2.05) is 24.3 Å². The first-order valence-corrected chi connectivity index (χ1v) is 7.26. The maximum Gasteiger partial charge on any atom is 0.320 e. The van der Waals surface area contributed by atoms with E-state index >= 15 is 0 Å². The minimum atomic E-state index is -0.702. The van der Waals surface area contributed by atoms with Crippen LogP contribution in [0.4, 0.5) is 0 Å². The van der Waals surface area contributed by atoms with Crippen molar-refractivity contribution >= 4 is 5.97 Å². The van der Waals surface area contributed by atoms with Gasteiger partial charge in [-0.2, -0.15) is 0 Å². The van der Waals surface area contributed by atoms with Crippen molar-refractivity contribution in [3.8, 4) is 5.75 Å². The van der Waals surface area contributed by atoms with Crippen LogP contribution < -0.4 is 4.74 Å². The van der Waals surface area contributed by atoms with Crippen LogP contribution in [0.1, 0.15) is 44.2 Å². The molecule has 1 aliphatic heterocycles. The highest BCUT2D eigenvalue weighted by molar-refractivity contribution is 5.73. The number of aliphatic carboxylic acids is 1. The lowest BCUT2D eigenvalue weighted by Crippen LogP contribution is -2.42. The predicted octanol–water partition coefficient (Wildman–Crippen LogP) is 3.09. The molecule has 1 aromatic rings. The van der Waals surface area contributed by atoms with E-state index in [-0.39, 0.29) is 12.1 Å². The van der Waals surface area contributed by atoms with E-state index in [4.69, 9.17) is 4.74 Å². The molecule has 1 saturated heterocycles. The van der Waals surface area contributed by atoms with Crippen LogP contribution in [-0.4, -0.2) is 35.7 Å². The van der Waals surface area contributed by atoms with Crippen molar-refractivity contribution < 1.29 is 14.6 Å². The van der Waals surface area contributed by atoms with Gasteiger partial charge in [0.1, 0.15) is 11.8 Å². The molecule has 4 heteroatoms. The molecule has 2 unspecified atom stereocenters. The Morgan fingerprint density at radius 3 is 2.60 bits per heavy atom. The van der Waals surface area contributed by atoms with Gasteiger partial charge in [0, 0.05) is 6.04 Å². The third-order valence-corrected chi connectivity index (χ3v) is 4.17. The molecule has 110 valence electrons. The van der Waals surface area contributed by atoms with Gasteiger partial charge in [-0.15, -0.1) is 0 Å². The molecule has 20 heavy (non-hydrogen) atoms. The standard InChI is InChI=1S/C16H23NO3/c1-12(13-7-9-14(20-2)10-8-13)17-11-5-3-4-6-15(17)16(18)19/h7-10,12,15H,3-6,11H2,1-2H3,(H,18,19). The summed E-state index contributed by atoms with van der Waals surface area (Å²) in [5.74, 6) is 0.124. The molecule has 0 amide bonds. The number of likely N-dealkylation sites (tertiary alicyclic amines) is 1. The number of rotatable bonds is 4. The summed E-state index contributed by atoms with van der Waals surface area (Å²) in [6.07, 6.45) is 3.94. The van der Waals surface area contributed by atoms with Gasteiger partial charge in [-0.1, -0.05) is 25.0 Å². The molecule has 0 aliphatic carbocycles. The number of carbonyl (C=O) groups is 1. The van der Waals surface area contributed by atoms with E-state index in [2.05, 4.69) is 11.8 Å². The second-order valence-corrected chi connectivity index (χ2v) is 5.39. The Morgan fingerprint density at radius 1 is 1.30 bits per heavy atom. The molecule has 0 saturated carbocycles. The van der Waals surface area contributed by atoms with E-state index in [1.54, 1.807) is 7.11 Å². The zero-order valence-corrected chi connectivity index (χ0v) is 12.2. The highest BCUT2D eigenvalue weighted by Crippen LogP contribution is 2.28. The average Bonchev–Trinajstić information content (AvgIpc) is 2.72. The number of carboxylic acids is 1. The smallest absolute Gasteiger partial charge is 0.320 e. The molecule has 1 N–H and O–H groups in total. The van der Waals surface area contributed by atoms with E-state index < -0.39 is 5.97 Å². The summed E-state index contributed by atoms with van der Waals surface area (Å²) in [6.45, 7) is 2.94. The van der Waals surface area contributed by atoms with Crippen molar-refractivity contribution in [2.24, 2.45) is 0 Å². The molecule has 0 spiro atoms. The lowest BCUT2D eigenvalue weighted by molar-refractivity contribution is -0.144. The molecule has 4 nitrogen and oxygen atoms in total. The molecule has 1 aromatic carbocycles. The number of hydrogen-bond donors (Lipinski definition) is 1. The summed E-state index contributed by atoms with van der Waals surface area (Å²) in [6, 6.07) is 7.65. The van der Waals surface area contributed by atoms with Crippen LogP contribution in [0.25, 0.3) is 0 Å². The highest BCUT2D eigenvalue weighted by atomic mass is 16.5. The Hall–Kier alpha value is -1.55. The first kappa shape index (κ1) is 14.9. The van der Waals surface area contributed by atoms with Crippen LogP contribution >= 0.6 is 0 Å². The van der Waals surface area contributed by atoms with Gasteiger partial charge >= 0.3 is 5.97 Å². The van der Waals surface area contributed by atoms with Crippen LogP contribution in [0.15, 0.2) is 24.3 Å². The Bertz CT molecular complexity index is 444. The van der Waals surface area contributed by atoms with Crippen molar-refractivity contribution in [2.45, 2.75) is 44.7 Å². The zero-order valence-electron chi connectivity index (χ0n) is 12.2. The summed E-state index contributed by atoms with van der Waals surface area (Å²) in [4.78, 5) is 13.6. The maximum atomic E-state index is 11.5. The maximum absolute atomic E-state index is 11.5. The number of nitrogens with zero attached hydrogens (tertiary/aromatic N) is 1. The van der Waals surface area contributed by atoms with Crippen LogP contribution in [0.5, 0.6) is 5.75 Å². The molecule has 2 atom stereocenters. The Labute approximate surface area is 120 Å². The van der Waals surface area contributed by atoms with Gasteiger partial charge in [-0.25, -0.2) is 0 Å². The molecule has 0 radical (unpaired) electrons. The summed E-state index contributed by atoms with van der Waals surface area (Å²) >= 11 is 0. The number of benzene rings is 1. The van der Waals surface area contributed by atoms with Crippen LogP contribution in [0.2, 0.25) is 0 Å². The summed E-state index contributed by atoms with van der Waals surface area (Å²) in [5.41, 5.74) is 1.14. The van der Waals surface area contributed by atoms with Crippen LogP contribution in [0, 0.1) is 0 Å².